The SMILES string of the molecule is CCC(C)(O)Cc1ccc(F)cc1C. The summed E-state index contributed by atoms with van der Waals surface area (Å²) < 4.78 is 12.8. The fourth-order valence-electron chi connectivity index (χ4n) is 1.39. The minimum Gasteiger partial charge on any atom is -0.390 e. The predicted octanol–water partition coefficient (Wildman–Crippen LogP) is 2.84. The Morgan fingerprint density at radius 2 is 2.07 bits per heavy atom. The third-order valence-electron chi connectivity index (χ3n) is 2.64. The van der Waals surface area contributed by atoms with Crippen molar-refractivity contribution in [1.82, 2.24) is 0 Å². The van der Waals surface area contributed by atoms with E-state index in [1.165, 1.54) is 12.1 Å². The summed E-state index contributed by atoms with van der Waals surface area (Å²) in [5.41, 5.74) is 1.22. The van der Waals surface area contributed by atoms with E-state index in [0.29, 0.717) is 12.8 Å². The Balaban J connectivity index is 2.87. The van der Waals surface area contributed by atoms with E-state index in [0.717, 1.165) is 11.1 Å². The van der Waals surface area contributed by atoms with Crippen molar-refractivity contribution in [2.45, 2.75) is 39.2 Å². The van der Waals surface area contributed by atoms with E-state index >= 15 is 0 Å². The molecule has 1 aromatic carbocycles. The van der Waals surface area contributed by atoms with Crippen LogP contribution in [-0.2, 0) is 6.42 Å². The molecule has 0 aliphatic carbocycles. The van der Waals surface area contributed by atoms with Crippen LogP contribution in [0.2, 0.25) is 0 Å². The Morgan fingerprint density at radius 3 is 2.57 bits per heavy atom. The van der Waals surface area contributed by atoms with Gasteiger partial charge in [-0.3, -0.25) is 0 Å². The van der Waals surface area contributed by atoms with Gasteiger partial charge in [-0.15, -0.1) is 0 Å². The highest BCUT2D eigenvalue weighted by atomic mass is 19.1. The summed E-state index contributed by atoms with van der Waals surface area (Å²) in [6.07, 6.45) is 1.28. The number of halogens is 1. The summed E-state index contributed by atoms with van der Waals surface area (Å²) >= 11 is 0. The zero-order valence-electron chi connectivity index (χ0n) is 8.97. The maximum atomic E-state index is 12.8. The van der Waals surface area contributed by atoms with Gasteiger partial charge in [-0.2, -0.15) is 0 Å². The van der Waals surface area contributed by atoms with Crippen molar-refractivity contribution < 1.29 is 9.50 Å². The molecule has 2 heteroatoms. The molecule has 0 saturated heterocycles. The zero-order chi connectivity index (χ0) is 10.8. The predicted molar refractivity (Wildman–Crippen MR) is 55.8 cm³/mol. The maximum absolute atomic E-state index is 12.8. The molecule has 1 nitrogen and oxygen atoms in total. The number of hydrogen-bond acceptors (Lipinski definition) is 1. The molecule has 0 aliphatic heterocycles. The van der Waals surface area contributed by atoms with Crippen molar-refractivity contribution in [3.05, 3.63) is 35.1 Å². The quantitative estimate of drug-likeness (QED) is 0.788. The van der Waals surface area contributed by atoms with Gasteiger partial charge in [-0.05, 0) is 43.5 Å². The molecule has 1 unspecified atom stereocenters. The van der Waals surface area contributed by atoms with E-state index in [4.69, 9.17) is 0 Å². The fourth-order valence-corrected chi connectivity index (χ4v) is 1.39. The second kappa shape index (κ2) is 4.09. The minimum atomic E-state index is -0.692. The van der Waals surface area contributed by atoms with Crippen molar-refractivity contribution in [3.8, 4) is 0 Å². The first-order chi connectivity index (χ1) is 6.44. The minimum absolute atomic E-state index is 0.220. The maximum Gasteiger partial charge on any atom is 0.123 e. The molecule has 0 amide bonds. The van der Waals surface area contributed by atoms with E-state index in [1.807, 2.05) is 13.8 Å². The van der Waals surface area contributed by atoms with Crippen LogP contribution >= 0.6 is 0 Å². The second-order valence-electron chi connectivity index (χ2n) is 4.10. The summed E-state index contributed by atoms with van der Waals surface area (Å²) in [6, 6.07) is 4.68. The summed E-state index contributed by atoms with van der Waals surface area (Å²) in [4.78, 5) is 0. The van der Waals surface area contributed by atoms with Crippen LogP contribution in [-0.4, -0.2) is 10.7 Å². The van der Waals surface area contributed by atoms with E-state index in [1.54, 1.807) is 13.0 Å². The number of aliphatic hydroxyl groups is 1. The van der Waals surface area contributed by atoms with Crippen molar-refractivity contribution in [1.29, 1.82) is 0 Å². The van der Waals surface area contributed by atoms with Crippen LogP contribution in [0.4, 0.5) is 4.39 Å². The normalized spacial score (nSPS) is 15.2. The van der Waals surface area contributed by atoms with Crippen LogP contribution in [0.5, 0.6) is 0 Å². The van der Waals surface area contributed by atoms with Crippen molar-refractivity contribution in [2.24, 2.45) is 0 Å². The molecule has 1 rings (SSSR count). The average Bonchev–Trinajstić information content (AvgIpc) is 2.10. The Kier molecular flexibility index (Phi) is 3.27. The van der Waals surface area contributed by atoms with Gasteiger partial charge in [0.2, 0.25) is 0 Å². The first-order valence-electron chi connectivity index (χ1n) is 4.92. The molecule has 0 saturated carbocycles. The third kappa shape index (κ3) is 2.81. The molecule has 1 atom stereocenters. The number of rotatable bonds is 3. The highest BCUT2D eigenvalue weighted by molar-refractivity contribution is 5.27. The van der Waals surface area contributed by atoms with Crippen molar-refractivity contribution in [2.75, 3.05) is 0 Å². The van der Waals surface area contributed by atoms with E-state index in [9.17, 15) is 9.50 Å². The van der Waals surface area contributed by atoms with Crippen molar-refractivity contribution >= 4 is 0 Å². The molecule has 0 radical (unpaired) electrons. The smallest absolute Gasteiger partial charge is 0.123 e. The van der Waals surface area contributed by atoms with Crippen LogP contribution < -0.4 is 0 Å². The first-order valence-corrected chi connectivity index (χ1v) is 4.92. The molecule has 14 heavy (non-hydrogen) atoms. The molecule has 0 aliphatic rings. The summed E-state index contributed by atoms with van der Waals surface area (Å²) in [5.74, 6) is -0.220. The number of benzene rings is 1. The van der Waals surface area contributed by atoms with Gasteiger partial charge in [0, 0.05) is 6.42 Å². The summed E-state index contributed by atoms with van der Waals surface area (Å²) in [7, 11) is 0. The average molecular weight is 196 g/mol. The molecule has 0 heterocycles. The molecule has 0 aromatic heterocycles. The van der Waals surface area contributed by atoms with E-state index in [2.05, 4.69) is 0 Å². The summed E-state index contributed by atoms with van der Waals surface area (Å²) in [5, 5.41) is 9.88. The summed E-state index contributed by atoms with van der Waals surface area (Å²) in [6.45, 7) is 5.61. The highest BCUT2D eigenvalue weighted by Gasteiger charge is 2.18. The lowest BCUT2D eigenvalue weighted by Crippen LogP contribution is -2.26. The number of aryl methyl sites for hydroxylation is 1. The monoisotopic (exact) mass is 196 g/mol. The van der Waals surface area contributed by atoms with Crippen LogP contribution in [0.1, 0.15) is 31.4 Å². The topological polar surface area (TPSA) is 20.2 Å². The lowest BCUT2D eigenvalue weighted by molar-refractivity contribution is 0.0563. The fraction of sp³-hybridized carbons (Fsp3) is 0.500. The lowest BCUT2D eigenvalue weighted by atomic mass is 9.92. The molecular formula is C12H17FO. The Hall–Kier alpha value is -0.890. The first kappa shape index (κ1) is 11.2. The Bertz CT molecular complexity index is 318. The molecule has 78 valence electrons. The van der Waals surface area contributed by atoms with Gasteiger partial charge < -0.3 is 5.11 Å². The van der Waals surface area contributed by atoms with Crippen LogP contribution in [0.25, 0.3) is 0 Å². The van der Waals surface area contributed by atoms with Crippen LogP contribution in [0.15, 0.2) is 18.2 Å². The van der Waals surface area contributed by atoms with E-state index in [-0.39, 0.29) is 5.82 Å². The Morgan fingerprint density at radius 1 is 1.43 bits per heavy atom. The molecule has 0 spiro atoms. The molecule has 0 bridgehead atoms. The van der Waals surface area contributed by atoms with Gasteiger partial charge in [0.15, 0.2) is 0 Å². The van der Waals surface area contributed by atoms with Crippen LogP contribution in [0.3, 0.4) is 0 Å². The highest BCUT2D eigenvalue weighted by Crippen LogP contribution is 2.19. The van der Waals surface area contributed by atoms with Gasteiger partial charge in [0.05, 0.1) is 5.60 Å². The van der Waals surface area contributed by atoms with Crippen LogP contribution in [0, 0.1) is 12.7 Å². The molecule has 0 fully saturated rings. The van der Waals surface area contributed by atoms with Gasteiger partial charge in [0.1, 0.15) is 5.82 Å². The zero-order valence-corrected chi connectivity index (χ0v) is 8.97. The standard InChI is InChI=1S/C12H17FO/c1-4-12(3,14)8-10-5-6-11(13)7-9(10)2/h5-7,14H,4,8H2,1-3H3. The second-order valence-corrected chi connectivity index (χ2v) is 4.10. The largest absolute Gasteiger partial charge is 0.390 e. The van der Waals surface area contributed by atoms with E-state index < -0.39 is 5.60 Å². The van der Waals surface area contributed by atoms with Crippen molar-refractivity contribution in [3.63, 3.8) is 0 Å². The molecule has 1 N–H and O–H groups in total. The molecule has 1 aromatic rings. The van der Waals surface area contributed by atoms with Gasteiger partial charge in [-0.25, -0.2) is 4.39 Å². The Labute approximate surface area is 84.6 Å². The van der Waals surface area contributed by atoms with Gasteiger partial charge in [0.25, 0.3) is 0 Å². The van der Waals surface area contributed by atoms with Gasteiger partial charge in [-0.1, -0.05) is 13.0 Å². The third-order valence-corrected chi connectivity index (χ3v) is 2.64. The lowest BCUT2D eigenvalue weighted by Gasteiger charge is -2.22. The molecular weight excluding hydrogens is 179 g/mol. The van der Waals surface area contributed by atoms with Gasteiger partial charge >= 0.3 is 0 Å². The number of hydrogen-bond donors (Lipinski definition) is 1.